The summed E-state index contributed by atoms with van der Waals surface area (Å²) in [5.74, 6) is -0.995. The van der Waals surface area contributed by atoms with Gasteiger partial charge in [0, 0.05) is 17.7 Å². The molecule has 1 fully saturated rings. The van der Waals surface area contributed by atoms with Crippen LogP contribution in [0.25, 0.3) is 11.1 Å². The molecular formula is C19H20FN3O3. The molecule has 7 heteroatoms. The predicted molar refractivity (Wildman–Crippen MR) is 96.5 cm³/mol. The highest BCUT2D eigenvalue weighted by atomic mass is 19.1. The molecule has 2 amide bonds. The Morgan fingerprint density at radius 1 is 1.27 bits per heavy atom. The number of nitrogens with two attached hydrogens (primary N) is 1. The van der Waals surface area contributed by atoms with E-state index >= 15 is 0 Å². The van der Waals surface area contributed by atoms with Crippen molar-refractivity contribution in [3.63, 3.8) is 0 Å². The molecule has 0 bridgehead atoms. The summed E-state index contributed by atoms with van der Waals surface area (Å²) < 4.78 is 19.9. The molecule has 0 aromatic heterocycles. The van der Waals surface area contributed by atoms with E-state index in [1.54, 1.807) is 36.4 Å². The van der Waals surface area contributed by atoms with Gasteiger partial charge < -0.3 is 15.4 Å². The van der Waals surface area contributed by atoms with Gasteiger partial charge in [0.15, 0.2) is 0 Å². The predicted octanol–water partition coefficient (Wildman–Crippen LogP) is 2.48. The molecule has 0 saturated carbocycles. The number of cyclic esters (lactones) is 1. The lowest BCUT2D eigenvalue weighted by molar-refractivity contribution is 0.1000. The number of hydrogen-bond acceptors (Lipinski definition) is 4. The van der Waals surface area contributed by atoms with E-state index in [2.05, 4.69) is 0 Å². The second-order valence-electron chi connectivity index (χ2n) is 6.48. The smallest absolute Gasteiger partial charge is 0.414 e. The van der Waals surface area contributed by atoms with Crippen molar-refractivity contribution in [2.24, 2.45) is 5.73 Å². The zero-order valence-corrected chi connectivity index (χ0v) is 14.6. The first-order chi connectivity index (χ1) is 12.3. The molecule has 136 valence electrons. The van der Waals surface area contributed by atoms with Crippen molar-refractivity contribution in [3.8, 4) is 11.1 Å². The molecule has 2 aromatic carbocycles. The van der Waals surface area contributed by atoms with Gasteiger partial charge in [0.25, 0.3) is 0 Å². The van der Waals surface area contributed by atoms with Gasteiger partial charge in [-0.15, -0.1) is 0 Å². The van der Waals surface area contributed by atoms with Gasteiger partial charge in [-0.25, -0.2) is 9.18 Å². The Hall–Kier alpha value is -2.93. The van der Waals surface area contributed by atoms with Crippen LogP contribution in [0.1, 0.15) is 10.4 Å². The maximum absolute atomic E-state index is 14.6. The zero-order chi connectivity index (χ0) is 18.8. The van der Waals surface area contributed by atoms with Gasteiger partial charge in [0.1, 0.15) is 11.9 Å². The summed E-state index contributed by atoms with van der Waals surface area (Å²) in [5.41, 5.74) is 7.02. The fourth-order valence-corrected chi connectivity index (χ4v) is 2.95. The molecule has 26 heavy (non-hydrogen) atoms. The van der Waals surface area contributed by atoms with Crippen molar-refractivity contribution >= 4 is 17.7 Å². The Morgan fingerprint density at radius 3 is 2.54 bits per heavy atom. The van der Waals surface area contributed by atoms with E-state index in [1.807, 2.05) is 19.0 Å². The third kappa shape index (κ3) is 3.67. The van der Waals surface area contributed by atoms with Crippen molar-refractivity contribution in [3.05, 3.63) is 53.8 Å². The molecular weight excluding hydrogens is 337 g/mol. The Balaban J connectivity index is 1.81. The number of primary amides is 1. The standard InChI is InChI=1S/C19H20FN3O3/c1-22(2)10-15-11-23(19(25)26-15)14-7-8-16(17(20)9-14)12-3-5-13(6-4-12)18(21)24/h3-9,15H,10-11H2,1-2H3,(H2,21,24)/t15-/m0/s1. The largest absolute Gasteiger partial charge is 0.443 e. The minimum absolute atomic E-state index is 0.249. The van der Waals surface area contributed by atoms with Gasteiger partial charge in [0.05, 0.1) is 12.2 Å². The van der Waals surface area contributed by atoms with Crippen LogP contribution in [-0.4, -0.2) is 50.2 Å². The topological polar surface area (TPSA) is 75.9 Å². The van der Waals surface area contributed by atoms with Crippen LogP contribution in [0.4, 0.5) is 14.9 Å². The highest BCUT2D eigenvalue weighted by Crippen LogP contribution is 2.29. The molecule has 3 rings (SSSR count). The van der Waals surface area contributed by atoms with Crippen LogP contribution >= 0.6 is 0 Å². The second kappa shape index (κ2) is 7.13. The van der Waals surface area contributed by atoms with Crippen LogP contribution in [0.2, 0.25) is 0 Å². The Labute approximate surface area is 150 Å². The molecule has 0 unspecified atom stereocenters. The summed E-state index contributed by atoms with van der Waals surface area (Å²) >= 11 is 0. The van der Waals surface area contributed by atoms with Crippen LogP contribution in [0.5, 0.6) is 0 Å². The van der Waals surface area contributed by atoms with Crippen LogP contribution < -0.4 is 10.6 Å². The Bertz CT molecular complexity index is 836. The number of rotatable bonds is 5. The van der Waals surface area contributed by atoms with Gasteiger partial charge >= 0.3 is 6.09 Å². The van der Waals surface area contributed by atoms with Gasteiger partial charge in [-0.2, -0.15) is 0 Å². The molecule has 1 aliphatic rings. The van der Waals surface area contributed by atoms with Crippen molar-refractivity contribution in [2.75, 3.05) is 32.1 Å². The van der Waals surface area contributed by atoms with E-state index in [9.17, 15) is 14.0 Å². The number of likely N-dealkylation sites (N-methyl/N-ethyl adjacent to an activating group) is 1. The number of ether oxygens (including phenoxy) is 1. The second-order valence-corrected chi connectivity index (χ2v) is 6.48. The van der Waals surface area contributed by atoms with Gasteiger partial charge in [0.2, 0.25) is 5.91 Å². The number of benzene rings is 2. The monoisotopic (exact) mass is 357 g/mol. The molecule has 1 aliphatic heterocycles. The summed E-state index contributed by atoms with van der Waals surface area (Å²) in [6.07, 6.45) is -0.726. The maximum Gasteiger partial charge on any atom is 0.414 e. The lowest BCUT2D eigenvalue weighted by Crippen LogP contribution is -2.30. The molecule has 1 heterocycles. The number of anilines is 1. The zero-order valence-electron chi connectivity index (χ0n) is 14.6. The number of carbonyl (C=O) groups excluding carboxylic acids is 2. The highest BCUT2D eigenvalue weighted by Gasteiger charge is 2.32. The van der Waals surface area contributed by atoms with E-state index in [0.717, 1.165) is 0 Å². The Morgan fingerprint density at radius 2 is 1.96 bits per heavy atom. The third-order valence-corrected chi connectivity index (χ3v) is 4.19. The van der Waals surface area contributed by atoms with E-state index in [4.69, 9.17) is 10.5 Å². The summed E-state index contributed by atoms with van der Waals surface area (Å²) in [6.45, 7) is 0.984. The quantitative estimate of drug-likeness (QED) is 0.892. The fourth-order valence-electron chi connectivity index (χ4n) is 2.95. The highest BCUT2D eigenvalue weighted by molar-refractivity contribution is 5.93. The maximum atomic E-state index is 14.6. The molecule has 1 saturated heterocycles. The van der Waals surface area contributed by atoms with E-state index in [-0.39, 0.29) is 6.10 Å². The van der Waals surface area contributed by atoms with Crippen molar-refractivity contribution in [1.29, 1.82) is 0 Å². The first-order valence-corrected chi connectivity index (χ1v) is 8.18. The minimum atomic E-state index is -0.535. The number of amides is 2. The molecule has 0 aliphatic carbocycles. The van der Waals surface area contributed by atoms with Crippen molar-refractivity contribution in [2.45, 2.75) is 6.10 Å². The summed E-state index contributed by atoms with van der Waals surface area (Å²) in [7, 11) is 3.79. The van der Waals surface area contributed by atoms with Gasteiger partial charge in [-0.05, 0) is 50.0 Å². The van der Waals surface area contributed by atoms with E-state index in [1.165, 1.54) is 11.0 Å². The Kier molecular flexibility index (Phi) is 4.90. The molecule has 6 nitrogen and oxygen atoms in total. The number of carbonyl (C=O) groups is 2. The van der Waals surface area contributed by atoms with Crippen LogP contribution in [-0.2, 0) is 4.74 Å². The minimum Gasteiger partial charge on any atom is -0.443 e. The van der Waals surface area contributed by atoms with E-state index < -0.39 is 17.8 Å². The number of hydrogen-bond donors (Lipinski definition) is 1. The van der Waals surface area contributed by atoms with Crippen molar-refractivity contribution < 1.29 is 18.7 Å². The third-order valence-electron chi connectivity index (χ3n) is 4.19. The van der Waals surface area contributed by atoms with Crippen LogP contribution in [0.15, 0.2) is 42.5 Å². The van der Waals surface area contributed by atoms with E-state index in [0.29, 0.717) is 35.5 Å². The molecule has 0 radical (unpaired) electrons. The number of halogens is 1. The fraction of sp³-hybridized carbons (Fsp3) is 0.263. The first kappa shape index (κ1) is 17.9. The lowest BCUT2D eigenvalue weighted by Gasteiger charge is -2.16. The summed E-state index contributed by atoms with van der Waals surface area (Å²) in [4.78, 5) is 26.5. The molecule has 1 atom stereocenters. The molecule has 0 spiro atoms. The average Bonchev–Trinajstić information content (AvgIpc) is 2.94. The number of nitrogens with zero attached hydrogens (tertiary/aromatic N) is 2. The van der Waals surface area contributed by atoms with Crippen LogP contribution in [0.3, 0.4) is 0 Å². The van der Waals surface area contributed by atoms with Crippen LogP contribution in [0, 0.1) is 5.82 Å². The average molecular weight is 357 g/mol. The first-order valence-electron chi connectivity index (χ1n) is 8.18. The summed E-state index contributed by atoms with van der Waals surface area (Å²) in [6, 6.07) is 11.0. The summed E-state index contributed by atoms with van der Waals surface area (Å²) in [5, 5.41) is 0. The van der Waals surface area contributed by atoms with Crippen molar-refractivity contribution in [1.82, 2.24) is 4.90 Å². The lowest BCUT2D eigenvalue weighted by atomic mass is 10.0. The van der Waals surface area contributed by atoms with Gasteiger partial charge in [-0.1, -0.05) is 12.1 Å². The van der Waals surface area contributed by atoms with Gasteiger partial charge in [-0.3, -0.25) is 9.69 Å². The normalized spacial score (nSPS) is 16.8. The SMILES string of the molecule is CN(C)C[C@H]1CN(c2ccc(-c3ccc(C(N)=O)cc3)c(F)c2)C(=O)O1. The molecule has 2 N–H and O–H groups in total. The molecule has 2 aromatic rings.